The summed E-state index contributed by atoms with van der Waals surface area (Å²) in [6, 6.07) is 0. The number of carbonyl (C=O) groups excluding carboxylic acids is 1. The quantitative estimate of drug-likeness (QED) is 0.723. The summed E-state index contributed by atoms with van der Waals surface area (Å²) in [7, 11) is 0. The van der Waals surface area contributed by atoms with Gasteiger partial charge in [0.05, 0.1) is 5.41 Å². The number of carbonyl (C=O) groups is 1. The maximum absolute atomic E-state index is 11.6. The highest BCUT2D eigenvalue weighted by atomic mass is 16.2. The third kappa shape index (κ3) is 5.22. The van der Waals surface area contributed by atoms with Crippen molar-refractivity contribution in [2.45, 2.75) is 41.0 Å². The van der Waals surface area contributed by atoms with Crippen LogP contribution in [0, 0.1) is 10.8 Å². The van der Waals surface area contributed by atoms with E-state index in [1.807, 2.05) is 13.8 Å². The van der Waals surface area contributed by atoms with E-state index in [0.29, 0.717) is 6.54 Å². The molecular weight excluding hydrogens is 176 g/mol. The molecule has 1 amide bonds. The van der Waals surface area contributed by atoms with Crippen molar-refractivity contribution in [1.29, 1.82) is 0 Å². The van der Waals surface area contributed by atoms with Gasteiger partial charge in [-0.1, -0.05) is 20.8 Å². The normalized spacial score (nSPS) is 12.7. The van der Waals surface area contributed by atoms with Crippen LogP contribution < -0.4 is 11.1 Å². The lowest BCUT2D eigenvalue weighted by molar-refractivity contribution is -0.128. The van der Waals surface area contributed by atoms with Crippen LogP contribution in [0.4, 0.5) is 0 Å². The Bertz CT molecular complexity index is 192. The Balaban J connectivity index is 3.87. The van der Waals surface area contributed by atoms with Gasteiger partial charge in [-0.05, 0) is 25.7 Å². The second kappa shape index (κ2) is 4.78. The Morgan fingerprint density at radius 1 is 1.21 bits per heavy atom. The van der Waals surface area contributed by atoms with Crippen molar-refractivity contribution in [3.63, 3.8) is 0 Å². The first-order valence-electron chi connectivity index (χ1n) is 5.17. The highest BCUT2D eigenvalue weighted by Crippen LogP contribution is 2.18. The van der Waals surface area contributed by atoms with Crippen molar-refractivity contribution >= 4 is 5.91 Å². The van der Waals surface area contributed by atoms with E-state index in [-0.39, 0.29) is 11.3 Å². The van der Waals surface area contributed by atoms with Crippen molar-refractivity contribution in [3.05, 3.63) is 0 Å². The van der Waals surface area contributed by atoms with Crippen LogP contribution in [0.25, 0.3) is 0 Å². The molecule has 0 aliphatic carbocycles. The molecule has 0 bridgehead atoms. The molecule has 0 atom stereocenters. The molecule has 0 aromatic rings. The summed E-state index contributed by atoms with van der Waals surface area (Å²) in [5, 5.41) is 2.91. The molecule has 0 rings (SSSR count). The van der Waals surface area contributed by atoms with Gasteiger partial charge in [0.2, 0.25) is 5.91 Å². The molecule has 0 saturated heterocycles. The van der Waals surface area contributed by atoms with Crippen LogP contribution >= 0.6 is 0 Å². The summed E-state index contributed by atoms with van der Waals surface area (Å²) < 4.78 is 0. The molecule has 84 valence electrons. The lowest BCUT2D eigenvalue weighted by Gasteiger charge is -2.23. The minimum Gasteiger partial charge on any atom is -0.356 e. The number of hydrogen-bond acceptors (Lipinski definition) is 2. The van der Waals surface area contributed by atoms with Crippen LogP contribution in [0.5, 0.6) is 0 Å². The van der Waals surface area contributed by atoms with Crippen LogP contribution in [-0.4, -0.2) is 19.0 Å². The molecule has 3 N–H and O–H groups in total. The Morgan fingerprint density at radius 2 is 1.71 bits per heavy atom. The highest BCUT2D eigenvalue weighted by molar-refractivity contribution is 5.81. The van der Waals surface area contributed by atoms with Gasteiger partial charge in [0.25, 0.3) is 0 Å². The molecule has 14 heavy (non-hydrogen) atoms. The van der Waals surface area contributed by atoms with E-state index >= 15 is 0 Å². The molecule has 0 heterocycles. The minimum atomic E-state index is -0.447. The summed E-state index contributed by atoms with van der Waals surface area (Å²) in [5.41, 5.74) is 5.32. The molecule has 0 aliphatic rings. The fourth-order valence-corrected chi connectivity index (χ4v) is 0.883. The Hall–Kier alpha value is -0.570. The zero-order chi connectivity index (χ0) is 11.4. The number of nitrogens with two attached hydrogens (primary N) is 1. The van der Waals surface area contributed by atoms with Crippen molar-refractivity contribution in [2.75, 3.05) is 13.1 Å². The Kier molecular flexibility index (Phi) is 4.59. The summed E-state index contributed by atoms with van der Waals surface area (Å²) >= 11 is 0. The summed E-state index contributed by atoms with van der Waals surface area (Å²) in [6.07, 6.45) is 0.986. The van der Waals surface area contributed by atoms with Crippen LogP contribution in [0.2, 0.25) is 0 Å². The van der Waals surface area contributed by atoms with Gasteiger partial charge in [-0.2, -0.15) is 0 Å². The summed E-state index contributed by atoms with van der Waals surface area (Å²) in [5.74, 6) is 0.0456. The van der Waals surface area contributed by atoms with Gasteiger partial charge in [-0.15, -0.1) is 0 Å². The lowest BCUT2D eigenvalue weighted by Crippen LogP contribution is -2.42. The zero-order valence-corrected chi connectivity index (χ0v) is 10.1. The van der Waals surface area contributed by atoms with E-state index in [0.717, 1.165) is 13.0 Å². The second-order valence-corrected chi connectivity index (χ2v) is 5.65. The average Bonchev–Trinajstić information content (AvgIpc) is 2.02. The highest BCUT2D eigenvalue weighted by Gasteiger charge is 2.25. The predicted molar refractivity (Wildman–Crippen MR) is 59.9 cm³/mol. The number of rotatable bonds is 4. The van der Waals surface area contributed by atoms with Gasteiger partial charge in [0.1, 0.15) is 0 Å². The molecule has 0 radical (unpaired) electrons. The Labute approximate surface area is 87.4 Å². The van der Waals surface area contributed by atoms with Crippen molar-refractivity contribution in [2.24, 2.45) is 16.6 Å². The predicted octanol–water partition coefficient (Wildman–Crippen LogP) is 1.52. The number of amides is 1. The SMILES string of the molecule is CC(C)(C)CCNC(=O)C(C)(C)CN. The molecule has 0 spiro atoms. The van der Waals surface area contributed by atoms with Gasteiger partial charge in [0, 0.05) is 13.1 Å². The maximum atomic E-state index is 11.6. The molecule has 0 unspecified atom stereocenters. The van der Waals surface area contributed by atoms with Crippen molar-refractivity contribution in [1.82, 2.24) is 5.32 Å². The minimum absolute atomic E-state index is 0.0456. The van der Waals surface area contributed by atoms with Gasteiger partial charge >= 0.3 is 0 Å². The van der Waals surface area contributed by atoms with Gasteiger partial charge in [-0.25, -0.2) is 0 Å². The van der Waals surface area contributed by atoms with E-state index in [1.165, 1.54) is 0 Å². The fourth-order valence-electron chi connectivity index (χ4n) is 0.883. The fraction of sp³-hybridized carbons (Fsp3) is 0.909. The molecule has 0 saturated carbocycles. The first-order chi connectivity index (χ1) is 6.19. The van der Waals surface area contributed by atoms with Crippen molar-refractivity contribution in [3.8, 4) is 0 Å². The average molecular weight is 200 g/mol. The molecule has 3 nitrogen and oxygen atoms in total. The molecule has 0 aromatic carbocycles. The van der Waals surface area contributed by atoms with Crippen LogP contribution in [0.1, 0.15) is 41.0 Å². The largest absolute Gasteiger partial charge is 0.356 e. The first kappa shape index (κ1) is 13.4. The third-order valence-electron chi connectivity index (χ3n) is 2.29. The lowest BCUT2D eigenvalue weighted by atomic mass is 9.90. The van der Waals surface area contributed by atoms with Crippen LogP contribution in [0.15, 0.2) is 0 Å². The maximum Gasteiger partial charge on any atom is 0.226 e. The molecule has 3 heteroatoms. The van der Waals surface area contributed by atoms with Gasteiger partial charge in [0.15, 0.2) is 0 Å². The molecule has 0 fully saturated rings. The zero-order valence-electron chi connectivity index (χ0n) is 10.1. The van der Waals surface area contributed by atoms with E-state index in [4.69, 9.17) is 5.73 Å². The van der Waals surface area contributed by atoms with Crippen LogP contribution in [0.3, 0.4) is 0 Å². The van der Waals surface area contributed by atoms with Crippen LogP contribution in [-0.2, 0) is 4.79 Å². The summed E-state index contributed by atoms with van der Waals surface area (Å²) in [4.78, 5) is 11.6. The molecule has 0 aromatic heterocycles. The first-order valence-corrected chi connectivity index (χ1v) is 5.17. The van der Waals surface area contributed by atoms with E-state index in [2.05, 4.69) is 26.1 Å². The van der Waals surface area contributed by atoms with E-state index in [1.54, 1.807) is 0 Å². The third-order valence-corrected chi connectivity index (χ3v) is 2.29. The standard InChI is InChI=1S/C11H24N2O/c1-10(2,3)6-7-13-9(14)11(4,5)8-12/h6-8,12H2,1-5H3,(H,13,14). The monoisotopic (exact) mass is 200 g/mol. The second-order valence-electron chi connectivity index (χ2n) is 5.65. The number of hydrogen-bond donors (Lipinski definition) is 2. The van der Waals surface area contributed by atoms with Gasteiger partial charge < -0.3 is 11.1 Å². The van der Waals surface area contributed by atoms with E-state index in [9.17, 15) is 4.79 Å². The molecule has 0 aliphatic heterocycles. The van der Waals surface area contributed by atoms with E-state index < -0.39 is 5.41 Å². The molecular formula is C11H24N2O. The Morgan fingerprint density at radius 3 is 2.07 bits per heavy atom. The topological polar surface area (TPSA) is 55.1 Å². The smallest absolute Gasteiger partial charge is 0.226 e. The van der Waals surface area contributed by atoms with Crippen molar-refractivity contribution < 1.29 is 4.79 Å². The van der Waals surface area contributed by atoms with Gasteiger partial charge in [-0.3, -0.25) is 4.79 Å². The number of nitrogens with one attached hydrogen (secondary N) is 1. The summed E-state index contributed by atoms with van der Waals surface area (Å²) in [6.45, 7) is 11.3.